The first-order valence-corrected chi connectivity index (χ1v) is 10.3. The number of hydrogen-bond donors (Lipinski definition) is 0. The summed E-state index contributed by atoms with van der Waals surface area (Å²) < 4.78 is 6.40. The average molecular weight is 399 g/mol. The summed E-state index contributed by atoms with van der Waals surface area (Å²) >= 11 is 3.20. The molecular formula is C19H18N4O2S2. The number of fused-ring (bicyclic) bond motifs is 1. The van der Waals surface area contributed by atoms with Crippen LogP contribution in [0.4, 0.5) is 0 Å². The largest absolute Gasteiger partial charge is 0.339 e. The number of carbonyl (C=O) groups is 1. The van der Waals surface area contributed by atoms with Crippen LogP contribution in [-0.4, -0.2) is 33.0 Å². The van der Waals surface area contributed by atoms with Crippen molar-refractivity contribution in [1.29, 1.82) is 0 Å². The second kappa shape index (κ2) is 7.58. The fraction of sp³-hybridized carbons (Fsp3) is 0.263. The molecule has 1 aromatic carbocycles. The van der Waals surface area contributed by atoms with Gasteiger partial charge in [-0.25, -0.2) is 4.98 Å². The Morgan fingerprint density at radius 2 is 2.11 bits per heavy atom. The first-order valence-electron chi connectivity index (χ1n) is 8.58. The zero-order valence-electron chi connectivity index (χ0n) is 15.0. The molecule has 27 heavy (non-hydrogen) atoms. The number of thiazole rings is 1. The topological polar surface area (TPSA) is 72.1 Å². The Kier molecular flexibility index (Phi) is 5.00. The number of amides is 1. The van der Waals surface area contributed by atoms with Gasteiger partial charge < -0.3 is 9.42 Å². The summed E-state index contributed by atoms with van der Waals surface area (Å²) in [5.41, 5.74) is 1.90. The first-order chi connectivity index (χ1) is 13.1. The van der Waals surface area contributed by atoms with Crippen LogP contribution in [0.15, 0.2) is 45.6 Å². The molecule has 0 radical (unpaired) electrons. The van der Waals surface area contributed by atoms with Crippen molar-refractivity contribution in [3.05, 3.63) is 52.0 Å². The van der Waals surface area contributed by atoms with Crippen LogP contribution in [-0.2, 0) is 11.2 Å². The van der Waals surface area contributed by atoms with Gasteiger partial charge in [0.15, 0.2) is 0 Å². The summed E-state index contributed by atoms with van der Waals surface area (Å²) in [7, 11) is 1.81. The third-order valence-electron chi connectivity index (χ3n) is 4.44. The highest BCUT2D eigenvalue weighted by atomic mass is 32.1. The van der Waals surface area contributed by atoms with Crippen molar-refractivity contribution in [3.63, 3.8) is 0 Å². The lowest BCUT2D eigenvalue weighted by atomic mass is 10.2. The van der Waals surface area contributed by atoms with Crippen molar-refractivity contribution in [3.8, 4) is 11.4 Å². The highest BCUT2D eigenvalue weighted by molar-refractivity contribution is 7.18. The monoisotopic (exact) mass is 398 g/mol. The standard InChI is InChI=1S/C19H18N4O2S2/c1-12(19-20-14-5-3-4-6-15(14)27-19)23(2)17(24)8-7-16-21-18(22-25-16)13-9-10-26-11-13/h3-6,9-12H,7-8H2,1-2H3/t12-/m1/s1. The van der Waals surface area contributed by atoms with Gasteiger partial charge in [-0.15, -0.1) is 11.3 Å². The zero-order chi connectivity index (χ0) is 18.8. The Balaban J connectivity index is 1.38. The second-order valence-electron chi connectivity index (χ2n) is 6.22. The minimum Gasteiger partial charge on any atom is -0.339 e. The van der Waals surface area contributed by atoms with E-state index in [9.17, 15) is 4.79 Å². The number of aryl methyl sites for hydroxylation is 1. The minimum absolute atomic E-state index is 0.0250. The predicted octanol–water partition coefficient (Wildman–Crippen LogP) is 4.56. The van der Waals surface area contributed by atoms with Gasteiger partial charge in [0.25, 0.3) is 0 Å². The summed E-state index contributed by atoms with van der Waals surface area (Å²) in [6.07, 6.45) is 0.740. The van der Waals surface area contributed by atoms with E-state index in [4.69, 9.17) is 4.52 Å². The number of rotatable bonds is 6. The van der Waals surface area contributed by atoms with E-state index >= 15 is 0 Å². The van der Waals surface area contributed by atoms with Crippen LogP contribution in [0.5, 0.6) is 0 Å². The Labute approximate surface area is 164 Å². The molecule has 0 bridgehead atoms. The highest BCUT2D eigenvalue weighted by Gasteiger charge is 2.21. The van der Waals surface area contributed by atoms with E-state index in [-0.39, 0.29) is 11.9 Å². The number of benzene rings is 1. The smallest absolute Gasteiger partial charge is 0.227 e. The molecule has 0 saturated heterocycles. The Hall–Kier alpha value is -2.58. The summed E-state index contributed by atoms with van der Waals surface area (Å²) in [5.74, 6) is 1.07. The maximum Gasteiger partial charge on any atom is 0.227 e. The number of carbonyl (C=O) groups excluding carboxylic acids is 1. The molecule has 4 rings (SSSR count). The number of thiophene rings is 1. The number of hydrogen-bond acceptors (Lipinski definition) is 7. The van der Waals surface area contributed by atoms with Gasteiger partial charge in [-0.1, -0.05) is 17.3 Å². The normalized spacial score (nSPS) is 12.4. The van der Waals surface area contributed by atoms with Crippen molar-refractivity contribution in [1.82, 2.24) is 20.0 Å². The molecule has 0 saturated carbocycles. The van der Waals surface area contributed by atoms with Crippen molar-refractivity contribution < 1.29 is 9.32 Å². The molecule has 3 heterocycles. The van der Waals surface area contributed by atoms with Gasteiger partial charge in [0.2, 0.25) is 17.6 Å². The van der Waals surface area contributed by atoms with Gasteiger partial charge in [0, 0.05) is 30.8 Å². The molecule has 3 aromatic heterocycles. The summed E-state index contributed by atoms with van der Waals surface area (Å²) in [5, 5.41) is 8.84. The molecule has 138 valence electrons. The molecule has 6 nitrogen and oxygen atoms in total. The molecule has 0 unspecified atom stereocenters. The maximum atomic E-state index is 12.6. The Bertz CT molecular complexity index is 1020. The molecule has 1 atom stereocenters. The van der Waals surface area contributed by atoms with Crippen molar-refractivity contribution in [2.24, 2.45) is 0 Å². The minimum atomic E-state index is -0.0843. The first kappa shape index (κ1) is 17.8. The van der Waals surface area contributed by atoms with Crippen molar-refractivity contribution in [2.45, 2.75) is 25.8 Å². The van der Waals surface area contributed by atoms with E-state index in [0.29, 0.717) is 24.6 Å². The van der Waals surface area contributed by atoms with Crippen molar-refractivity contribution >= 4 is 38.8 Å². The van der Waals surface area contributed by atoms with E-state index in [2.05, 4.69) is 15.1 Å². The third kappa shape index (κ3) is 3.77. The van der Waals surface area contributed by atoms with E-state index in [1.807, 2.05) is 55.1 Å². The lowest BCUT2D eigenvalue weighted by molar-refractivity contribution is -0.131. The van der Waals surface area contributed by atoms with Crippen LogP contribution < -0.4 is 0 Å². The van der Waals surface area contributed by atoms with Gasteiger partial charge in [-0.3, -0.25) is 4.79 Å². The number of aromatic nitrogens is 3. The van der Waals surface area contributed by atoms with Crippen LogP contribution >= 0.6 is 22.7 Å². The summed E-state index contributed by atoms with van der Waals surface area (Å²) in [6, 6.07) is 9.87. The molecule has 0 aliphatic carbocycles. The number of nitrogens with zero attached hydrogens (tertiary/aromatic N) is 4. The highest BCUT2D eigenvalue weighted by Crippen LogP contribution is 2.29. The molecule has 0 N–H and O–H groups in total. The van der Waals surface area contributed by atoms with Gasteiger partial charge in [-0.2, -0.15) is 16.3 Å². The van der Waals surface area contributed by atoms with Crippen molar-refractivity contribution in [2.75, 3.05) is 7.05 Å². The SMILES string of the molecule is C[C@H](c1nc2ccccc2s1)N(C)C(=O)CCc1nc(-c2ccsc2)no1. The van der Waals surface area contributed by atoms with E-state index in [1.54, 1.807) is 27.6 Å². The molecule has 4 aromatic rings. The van der Waals surface area contributed by atoms with Crippen LogP contribution in [0, 0.1) is 0 Å². The Morgan fingerprint density at radius 3 is 2.89 bits per heavy atom. The molecule has 0 aliphatic heterocycles. The van der Waals surface area contributed by atoms with E-state index in [0.717, 1.165) is 20.8 Å². The van der Waals surface area contributed by atoms with Gasteiger partial charge >= 0.3 is 0 Å². The molecule has 8 heteroatoms. The maximum absolute atomic E-state index is 12.6. The van der Waals surface area contributed by atoms with E-state index in [1.165, 1.54) is 0 Å². The molecular weight excluding hydrogens is 380 g/mol. The van der Waals surface area contributed by atoms with E-state index < -0.39 is 0 Å². The molecule has 0 aliphatic rings. The average Bonchev–Trinajstić information content (AvgIpc) is 3.44. The third-order valence-corrected chi connectivity index (χ3v) is 6.33. The zero-order valence-corrected chi connectivity index (χ0v) is 16.6. The fourth-order valence-corrected chi connectivity index (χ4v) is 4.40. The fourth-order valence-electron chi connectivity index (χ4n) is 2.71. The van der Waals surface area contributed by atoms with Gasteiger partial charge in [0.05, 0.1) is 16.3 Å². The summed E-state index contributed by atoms with van der Waals surface area (Å²) in [4.78, 5) is 23.3. The lowest BCUT2D eigenvalue weighted by Gasteiger charge is -2.23. The second-order valence-corrected chi connectivity index (χ2v) is 8.07. The molecule has 0 fully saturated rings. The predicted molar refractivity (Wildman–Crippen MR) is 107 cm³/mol. The lowest BCUT2D eigenvalue weighted by Crippen LogP contribution is -2.29. The van der Waals surface area contributed by atoms with Gasteiger partial charge in [0.1, 0.15) is 5.01 Å². The van der Waals surface area contributed by atoms with Crippen LogP contribution in [0.25, 0.3) is 21.6 Å². The molecule has 1 amide bonds. The Morgan fingerprint density at radius 1 is 1.26 bits per heavy atom. The summed E-state index contributed by atoms with van der Waals surface area (Å²) in [6.45, 7) is 2.00. The molecule has 0 spiro atoms. The quantitative estimate of drug-likeness (QED) is 0.476. The van der Waals surface area contributed by atoms with Crippen LogP contribution in [0.2, 0.25) is 0 Å². The van der Waals surface area contributed by atoms with Crippen LogP contribution in [0.3, 0.4) is 0 Å². The van der Waals surface area contributed by atoms with Gasteiger partial charge in [-0.05, 0) is 30.5 Å². The number of para-hydroxylation sites is 1. The van der Waals surface area contributed by atoms with Crippen LogP contribution in [0.1, 0.15) is 30.3 Å².